The Morgan fingerprint density at radius 3 is 2.71 bits per heavy atom. The second-order valence-corrected chi connectivity index (χ2v) is 5.50. The van der Waals surface area contributed by atoms with Gasteiger partial charge in [-0.2, -0.15) is 0 Å². The number of fused-ring (bicyclic) bond motifs is 2. The average molecular weight is 231 g/mol. The summed E-state index contributed by atoms with van der Waals surface area (Å²) < 4.78 is 0. The van der Waals surface area contributed by atoms with Gasteiger partial charge in [0.1, 0.15) is 0 Å². The average Bonchev–Trinajstić information content (AvgIpc) is 2.32. The Morgan fingerprint density at radius 2 is 2.06 bits per heavy atom. The molecular weight excluding hydrogens is 210 g/mol. The van der Waals surface area contributed by atoms with Gasteiger partial charge >= 0.3 is 0 Å². The first kappa shape index (κ1) is 11.2. The lowest BCUT2D eigenvalue weighted by atomic mass is 9.82. The maximum atomic E-state index is 6.14. The van der Waals surface area contributed by atoms with Crippen molar-refractivity contribution >= 4 is 0 Å². The van der Waals surface area contributed by atoms with E-state index in [1.807, 2.05) is 18.5 Å². The van der Waals surface area contributed by atoms with Crippen molar-refractivity contribution in [1.82, 2.24) is 9.88 Å². The molecule has 0 amide bonds. The molecule has 1 aromatic rings. The molecule has 2 aliphatic rings. The summed E-state index contributed by atoms with van der Waals surface area (Å²) in [4.78, 5) is 6.88. The predicted molar refractivity (Wildman–Crippen MR) is 68.4 cm³/mol. The van der Waals surface area contributed by atoms with Crippen molar-refractivity contribution < 1.29 is 0 Å². The minimum atomic E-state index is 0.426. The third-order valence-electron chi connectivity index (χ3n) is 4.25. The Morgan fingerprint density at radius 1 is 1.29 bits per heavy atom. The van der Waals surface area contributed by atoms with Crippen molar-refractivity contribution in [2.24, 2.45) is 5.73 Å². The van der Waals surface area contributed by atoms with Gasteiger partial charge in [0.25, 0.3) is 0 Å². The van der Waals surface area contributed by atoms with E-state index in [4.69, 9.17) is 5.73 Å². The molecule has 2 saturated heterocycles. The van der Waals surface area contributed by atoms with Crippen LogP contribution in [-0.4, -0.2) is 28.0 Å². The van der Waals surface area contributed by atoms with Crippen LogP contribution in [0.4, 0.5) is 0 Å². The summed E-state index contributed by atoms with van der Waals surface area (Å²) in [5, 5.41) is 0. The maximum Gasteiger partial charge on any atom is 0.0312 e. The van der Waals surface area contributed by atoms with Crippen LogP contribution >= 0.6 is 0 Å². The van der Waals surface area contributed by atoms with Crippen LogP contribution in [0.25, 0.3) is 0 Å². The SMILES string of the molecule is NC1CC2CCCC(C1)N2Cc1cccnc1. The predicted octanol–water partition coefficient (Wildman–Crippen LogP) is 1.93. The van der Waals surface area contributed by atoms with Gasteiger partial charge in [-0.25, -0.2) is 0 Å². The molecule has 0 spiro atoms. The molecule has 0 aliphatic carbocycles. The molecule has 0 saturated carbocycles. The summed E-state index contributed by atoms with van der Waals surface area (Å²) >= 11 is 0. The number of piperidine rings is 2. The van der Waals surface area contributed by atoms with Crippen LogP contribution in [0.5, 0.6) is 0 Å². The molecule has 2 fully saturated rings. The fourth-order valence-corrected chi connectivity index (χ4v) is 3.48. The third-order valence-corrected chi connectivity index (χ3v) is 4.25. The molecule has 2 unspecified atom stereocenters. The van der Waals surface area contributed by atoms with E-state index in [2.05, 4.69) is 16.0 Å². The van der Waals surface area contributed by atoms with Crippen molar-refractivity contribution in [3.8, 4) is 0 Å². The zero-order valence-corrected chi connectivity index (χ0v) is 10.3. The molecule has 3 heterocycles. The summed E-state index contributed by atoms with van der Waals surface area (Å²) in [7, 11) is 0. The van der Waals surface area contributed by atoms with E-state index in [-0.39, 0.29) is 0 Å². The fraction of sp³-hybridized carbons (Fsp3) is 0.643. The monoisotopic (exact) mass is 231 g/mol. The molecule has 3 nitrogen and oxygen atoms in total. The van der Waals surface area contributed by atoms with Crippen LogP contribution in [0.3, 0.4) is 0 Å². The van der Waals surface area contributed by atoms with E-state index < -0.39 is 0 Å². The van der Waals surface area contributed by atoms with Crippen molar-refractivity contribution in [3.05, 3.63) is 30.1 Å². The third kappa shape index (κ3) is 2.35. The Bertz CT molecular complexity index is 351. The van der Waals surface area contributed by atoms with Crippen molar-refractivity contribution in [2.45, 2.75) is 56.8 Å². The second-order valence-electron chi connectivity index (χ2n) is 5.50. The Kier molecular flexibility index (Phi) is 3.12. The van der Waals surface area contributed by atoms with Crippen LogP contribution in [0.1, 0.15) is 37.7 Å². The number of hydrogen-bond donors (Lipinski definition) is 1. The molecule has 2 aliphatic heterocycles. The highest BCUT2D eigenvalue weighted by molar-refractivity contribution is 5.10. The zero-order chi connectivity index (χ0) is 11.7. The molecule has 2 bridgehead atoms. The van der Waals surface area contributed by atoms with Crippen LogP contribution in [-0.2, 0) is 6.54 Å². The summed E-state index contributed by atoms with van der Waals surface area (Å²) in [5.41, 5.74) is 7.47. The van der Waals surface area contributed by atoms with Crippen LogP contribution in [0, 0.1) is 0 Å². The number of aromatic nitrogens is 1. The molecule has 17 heavy (non-hydrogen) atoms. The van der Waals surface area contributed by atoms with Gasteiger partial charge in [-0.15, -0.1) is 0 Å². The van der Waals surface area contributed by atoms with E-state index in [1.54, 1.807) is 0 Å². The number of pyridine rings is 1. The number of hydrogen-bond acceptors (Lipinski definition) is 3. The quantitative estimate of drug-likeness (QED) is 0.845. The summed E-state index contributed by atoms with van der Waals surface area (Å²) in [6.07, 6.45) is 10.2. The highest BCUT2D eigenvalue weighted by Gasteiger charge is 2.36. The molecule has 2 N–H and O–H groups in total. The van der Waals surface area contributed by atoms with Gasteiger partial charge in [0.2, 0.25) is 0 Å². The fourth-order valence-electron chi connectivity index (χ4n) is 3.48. The second kappa shape index (κ2) is 4.75. The molecule has 2 atom stereocenters. The van der Waals surface area contributed by atoms with E-state index in [0.717, 1.165) is 6.54 Å². The Balaban J connectivity index is 1.74. The van der Waals surface area contributed by atoms with Gasteiger partial charge in [-0.1, -0.05) is 12.5 Å². The summed E-state index contributed by atoms with van der Waals surface area (Å²) in [6.45, 7) is 1.05. The number of rotatable bonds is 2. The Hall–Kier alpha value is -0.930. The minimum Gasteiger partial charge on any atom is -0.328 e. The minimum absolute atomic E-state index is 0.426. The molecule has 3 heteroatoms. The largest absolute Gasteiger partial charge is 0.328 e. The van der Waals surface area contributed by atoms with Gasteiger partial charge in [0, 0.05) is 37.1 Å². The first-order valence-corrected chi connectivity index (χ1v) is 6.73. The smallest absolute Gasteiger partial charge is 0.0312 e. The molecule has 1 aromatic heterocycles. The molecule has 0 aromatic carbocycles. The summed E-state index contributed by atoms with van der Waals surface area (Å²) in [5.74, 6) is 0. The standard InChI is InChI=1S/C14H21N3/c15-12-7-13-4-1-5-14(8-12)17(13)10-11-3-2-6-16-9-11/h2-3,6,9,12-14H,1,4-5,7-8,10,15H2. The number of nitrogens with zero attached hydrogens (tertiary/aromatic N) is 2. The molecular formula is C14H21N3. The van der Waals surface area contributed by atoms with Crippen molar-refractivity contribution in [1.29, 1.82) is 0 Å². The van der Waals surface area contributed by atoms with Crippen LogP contribution in [0.2, 0.25) is 0 Å². The van der Waals surface area contributed by atoms with Gasteiger partial charge < -0.3 is 5.73 Å². The van der Waals surface area contributed by atoms with Gasteiger partial charge in [-0.05, 0) is 37.3 Å². The highest BCUT2D eigenvalue weighted by atomic mass is 15.2. The van der Waals surface area contributed by atoms with E-state index in [0.29, 0.717) is 18.1 Å². The number of nitrogens with two attached hydrogens (primary N) is 1. The first-order valence-electron chi connectivity index (χ1n) is 6.73. The van der Waals surface area contributed by atoms with E-state index in [9.17, 15) is 0 Å². The maximum absolute atomic E-state index is 6.14. The van der Waals surface area contributed by atoms with Gasteiger partial charge in [0.05, 0.1) is 0 Å². The topological polar surface area (TPSA) is 42.1 Å². The molecule has 92 valence electrons. The Labute approximate surface area is 103 Å². The van der Waals surface area contributed by atoms with Gasteiger partial charge in [-0.3, -0.25) is 9.88 Å². The lowest BCUT2D eigenvalue weighted by Crippen LogP contribution is -2.54. The molecule has 3 rings (SSSR count). The van der Waals surface area contributed by atoms with Crippen molar-refractivity contribution in [2.75, 3.05) is 0 Å². The van der Waals surface area contributed by atoms with Crippen LogP contribution in [0.15, 0.2) is 24.5 Å². The van der Waals surface area contributed by atoms with E-state index in [1.165, 1.54) is 37.7 Å². The molecule has 0 radical (unpaired) electrons. The lowest BCUT2D eigenvalue weighted by molar-refractivity contribution is 0.0244. The highest BCUT2D eigenvalue weighted by Crippen LogP contribution is 2.34. The normalized spacial score (nSPS) is 33.6. The zero-order valence-electron chi connectivity index (χ0n) is 10.3. The first-order chi connectivity index (χ1) is 8.33. The lowest BCUT2D eigenvalue weighted by Gasteiger charge is -2.48. The summed E-state index contributed by atoms with van der Waals surface area (Å²) in [6, 6.07) is 6.05. The van der Waals surface area contributed by atoms with E-state index >= 15 is 0 Å². The van der Waals surface area contributed by atoms with Crippen molar-refractivity contribution in [3.63, 3.8) is 0 Å². The van der Waals surface area contributed by atoms with Crippen LogP contribution < -0.4 is 5.73 Å². The van der Waals surface area contributed by atoms with Gasteiger partial charge in [0.15, 0.2) is 0 Å².